The van der Waals surface area contributed by atoms with Gasteiger partial charge < -0.3 is 10.4 Å². The van der Waals surface area contributed by atoms with Crippen molar-refractivity contribution < 1.29 is 14.8 Å². The fourth-order valence-electron chi connectivity index (χ4n) is 2.18. The van der Waals surface area contributed by atoms with Gasteiger partial charge in [-0.3, -0.25) is 14.9 Å². The molecule has 2 unspecified atom stereocenters. The third kappa shape index (κ3) is 2.55. The number of rotatable bonds is 3. The Morgan fingerprint density at radius 1 is 1.55 bits per heavy atom. The zero-order valence-corrected chi connectivity index (χ0v) is 12.7. The molecular formula is C13H15BrN2O4. The standard InChI is InChI=1S/C13H15BrN2O4/c1-13(2)10(6-11(13)17)15-12(18)8-5-7(16(19)20)3-4-9(8)14/h3-5,10-11,17H,6H2,1-2H3,(H,15,18). The highest BCUT2D eigenvalue weighted by atomic mass is 79.9. The Kier molecular flexibility index (Phi) is 3.84. The minimum atomic E-state index is -0.541. The number of aliphatic hydroxyl groups is 1. The molecule has 1 aliphatic carbocycles. The summed E-state index contributed by atoms with van der Waals surface area (Å²) in [6, 6.07) is 3.91. The van der Waals surface area contributed by atoms with Crippen LogP contribution in [0.15, 0.2) is 22.7 Å². The first-order valence-corrected chi connectivity index (χ1v) is 6.95. The summed E-state index contributed by atoms with van der Waals surface area (Å²) in [5.41, 5.74) is -0.300. The first kappa shape index (κ1) is 14.9. The summed E-state index contributed by atoms with van der Waals surface area (Å²) in [5.74, 6) is -0.384. The monoisotopic (exact) mass is 342 g/mol. The Morgan fingerprint density at radius 3 is 2.70 bits per heavy atom. The summed E-state index contributed by atoms with van der Waals surface area (Å²) < 4.78 is 0.498. The van der Waals surface area contributed by atoms with Crippen LogP contribution in [0, 0.1) is 15.5 Å². The second-order valence-corrected chi connectivity index (χ2v) is 6.37. The van der Waals surface area contributed by atoms with Crippen molar-refractivity contribution in [2.75, 3.05) is 0 Å². The lowest BCUT2D eigenvalue weighted by molar-refractivity contribution is -0.384. The Bertz CT molecular complexity index is 573. The number of aliphatic hydroxyl groups excluding tert-OH is 1. The Hall–Kier alpha value is -1.47. The van der Waals surface area contributed by atoms with Crippen LogP contribution in [0.5, 0.6) is 0 Å². The van der Waals surface area contributed by atoms with Gasteiger partial charge in [0.2, 0.25) is 0 Å². The second kappa shape index (κ2) is 5.14. The van der Waals surface area contributed by atoms with Crippen LogP contribution in [0.25, 0.3) is 0 Å². The molecule has 1 aromatic rings. The predicted octanol–water partition coefficient (Wildman–Crippen LogP) is 2.25. The van der Waals surface area contributed by atoms with Gasteiger partial charge in [-0.15, -0.1) is 0 Å². The summed E-state index contributed by atoms with van der Waals surface area (Å²) in [5, 5.41) is 23.2. The predicted molar refractivity (Wildman–Crippen MR) is 76.5 cm³/mol. The molecule has 2 rings (SSSR count). The molecule has 2 N–H and O–H groups in total. The molecule has 1 aromatic carbocycles. The maximum Gasteiger partial charge on any atom is 0.270 e. The van der Waals surface area contributed by atoms with Gasteiger partial charge in [-0.25, -0.2) is 0 Å². The molecule has 0 spiro atoms. The van der Waals surface area contributed by atoms with E-state index in [1.807, 2.05) is 13.8 Å². The van der Waals surface area contributed by atoms with Crippen molar-refractivity contribution in [1.29, 1.82) is 0 Å². The lowest BCUT2D eigenvalue weighted by Crippen LogP contribution is -2.61. The van der Waals surface area contributed by atoms with Crippen LogP contribution in [0.3, 0.4) is 0 Å². The SMILES string of the molecule is CC1(C)C(O)CC1NC(=O)c1cc([N+](=O)[O-])ccc1Br. The smallest absolute Gasteiger partial charge is 0.270 e. The molecule has 0 aliphatic heterocycles. The number of carbonyl (C=O) groups is 1. The Morgan fingerprint density at radius 2 is 2.20 bits per heavy atom. The van der Waals surface area contributed by atoms with Crippen LogP contribution < -0.4 is 5.32 Å². The third-order valence-electron chi connectivity index (χ3n) is 3.93. The van der Waals surface area contributed by atoms with E-state index in [2.05, 4.69) is 21.2 Å². The van der Waals surface area contributed by atoms with Gasteiger partial charge in [-0.05, 0) is 28.4 Å². The number of non-ortho nitro benzene ring substituents is 1. The molecule has 2 atom stereocenters. The van der Waals surface area contributed by atoms with Gasteiger partial charge in [0.05, 0.1) is 16.6 Å². The molecule has 1 saturated carbocycles. The Balaban J connectivity index is 2.18. The van der Waals surface area contributed by atoms with Gasteiger partial charge in [0.1, 0.15) is 0 Å². The average molecular weight is 343 g/mol. The van der Waals surface area contributed by atoms with Gasteiger partial charge in [0.25, 0.3) is 11.6 Å². The molecule has 1 amide bonds. The van der Waals surface area contributed by atoms with Crippen molar-refractivity contribution in [3.63, 3.8) is 0 Å². The van der Waals surface area contributed by atoms with E-state index in [0.717, 1.165) is 0 Å². The van der Waals surface area contributed by atoms with E-state index >= 15 is 0 Å². The van der Waals surface area contributed by atoms with E-state index in [9.17, 15) is 20.0 Å². The molecule has 0 radical (unpaired) electrons. The van der Waals surface area contributed by atoms with Crippen molar-refractivity contribution in [3.05, 3.63) is 38.3 Å². The zero-order chi connectivity index (χ0) is 15.1. The van der Waals surface area contributed by atoms with Crippen LogP contribution in [0.1, 0.15) is 30.6 Å². The fraction of sp³-hybridized carbons (Fsp3) is 0.462. The molecule has 0 aromatic heterocycles. The van der Waals surface area contributed by atoms with E-state index in [4.69, 9.17) is 0 Å². The minimum absolute atomic E-state index is 0.133. The summed E-state index contributed by atoms with van der Waals surface area (Å²) in [7, 11) is 0. The third-order valence-corrected chi connectivity index (χ3v) is 4.62. The van der Waals surface area contributed by atoms with Crippen molar-refractivity contribution in [3.8, 4) is 0 Å². The number of hydrogen-bond acceptors (Lipinski definition) is 4. The number of nitro benzene ring substituents is 1. The molecule has 1 fully saturated rings. The van der Waals surface area contributed by atoms with Crippen LogP contribution in [-0.2, 0) is 0 Å². The van der Waals surface area contributed by atoms with Gasteiger partial charge >= 0.3 is 0 Å². The number of hydrogen-bond donors (Lipinski definition) is 2. The molecule has 108 valence electrons. The van der Waals surface area contributed by atoms with Crippen molar-refractivity contribution in [1.82, 2.24) is 5.32 Å². The zero-order valence-electron chi connectivity index (χ0n) is 11.1. The average Bonchev–Trinajstić information content (AvgIpc) is 2.38. The minimum Gasteiger partial charge on any atom is -0.392 e. The molecule has 0 heterocycles. The first-order valence-electron chi connectivity index (χ1n) is 6.16. The van der Waals surface area contributed by atoms with Crippen LogP contribution >= 0.6 is 15.9 Å². The number of halogens is 1. The number of benzene rings is 1. The first-order chi connectivity index (χ1) is 9.23. The van der Waals surface area contributed by atoms with Crippen LogP contribution in [0.2, 0.25) is 0 Å². The van der Waals surface area contributed by atoms with Crippen LogP contribution in [0.4, 0.5) is 5.69 Å². The normalized spacial score (nSPS) is 23.8. The van der Waals surface area contributed by atoms with E-state index in [0.29, 0.717) is 10.9 Å². The van der Waals surface area contributed by atoms with Crippen molar-refractivity contribution in [2.45, 2.75) is 32.4 Å². The highest BCUT2D eigenvalue weighted by molar-refractivity contribution is 9.10. The summed E-state index contributed by atoms with van der Waals surface area (Å²) in [6.07, 6.45) is 0.0482. The number of nitrogens with one attached hydrogen (secondary N) is 1. The second-order valence-electron chi connectivity index (χ2n) is 5.52. The summed E-state index contributed by atoms with van der Waals surface area (Å²) >= 11 is 3.22. The van der Waals surface area contributed by atoms with E-state index in [1.165, 1.54) is 18.2 Å². The maximum absolute atomic E-state index is 12.2. The van der Waals surface area contributed by atoms with E-state index < -0.39 is 11.0 Å². The topological polar surface area (TPSA) is 92.5 Å². The summed E-state index contributed by atoms with van der Waals surface area (Å²) in [6.45, 7) is 3.74. The van der Waals surface area contributed by atoms with E-state index in [-0.39, 0.29) is 28.6 Å². The molecular weight excluding hydrogens is 328 g/mol. The summed E-state index contributed by atoms with van der Waals surface area (Å²) in [4.78, 5) is 22.4. The molecule has 20 heavy (non-hydrogen) atoms. The van der Waals surface area contributed by atoms with Gasteiger partial charge in [-0.1, -0.05) is 13.8 Å². The molecule has 6 nitrogen and oxygen atoms in total. The lowest BCUT2D eigenvalue weighted by Gasteiger charge is -2.49. The van der Waals surface area contributed by atoms with Gasteiger partial charge in [0, 0.05) is 28.1 Å². The largest absolute Gasteiger partial charge is 0.392 e. The Labute approximate surface area is 124 Å². The van der Waals surface area contributed by atoms with Gasteiger partial charge in [-0.2, -0.15) is 0 Å². The molecule has 0 bridgehead atoms. The number of nitro groups is 1. The van der Waals surface area contributed by atoms with Gasteiger partial charge in [0.15, 0.2) is 0 Å². The maximum atomic E-state index is 12.2. The number of carbonyl (C=O) groups excluding carboxylic acids is 1. The molecule has 7 heteroatoms. The van der Waals surface area contributed by atoms with Crippen molar-refractivity contribution >= 4 is 27.5 Å². The van der Waals surface area contributed by atoms with E-state index in [1.54, 1.807) is 0 Å². The molecule has 0 saturated heterocycles. The highest BCUT2D eigenvalue weighted by Gasteiger charge is 2.48. The lowest BCUT2D eigenvalue weighted by atomic mass is 9.64. The number of amides is 1. The highest BCUT2D eigenvalue weighted by Crippen LogP contribution is 2.40. The molecule has 1 aliphatic rings. The van der Waals surface area contributed by atoms with Crippen molar-refractivity contribution in [2.24, 2.45) is 5.41 Å². The fourth-order valence-corrected chi connectivity index (χ4v) is 2.61. The quantitative estimate of drug-likeness (QED) is 0.650. The van der Waals surface area contributed by atoms with Crippen LogP contribution in [-0.4, -0.2) is 28.1 Å². The number of nitrogens with zero attached hydrogens (tertiary/aromatic N) is 1.